The molecule has 0 aromatic rings. The smallest absolute Gasteiger partial charge is 0.239 e. The Kier molecular flexibility index (Phi) is 5.20. The van der Waals surface area contributed by atoms with Crippen LogP contribution in [0.5, 0.6) is 0 Å². The minimum atomic E-state index is -0.167. The van der Waals surface area contributed by atoms with E-state index in [9.17, 15) is 14.4 Å². The number of likely N-dealkylation sites (tertiary alicyclic amines) is 1. The number of nitrogens with zero attached hydrogens (tertiary/aromatic N) is 1. The first kappa shape index (κ1) is 15.8. The van der Waals surface area contributed by atoms with Crippen LogP contribution in [0.1, 0.15) is 39.5 Å². The highest BCUT2D eigenvalue weighted by atomic mass is 16.2. The van der Waals surface area contributed by atoms with Gasteiger partial charge in [-0.05, 0) is 39.5 Å². The van der Waals surface area contributed by atoms with E-state index in [1.54, 1.807) is 0 Å². The minimum absolute atomic E-state index is 0.0260. The zero-order valence-electron chi connectivity index (χ0n) is 12.9. The molecule has 2 N–H and O–H groups in total. The van der Waals surface area contributed by atoms with Crippen LogP contribution in [0.25, 0.3) is 0 Å². The van der Waals surface area contributed by atoms with Crippen LogP contribution >= 0.6 is 0 Å². The van der Waals surface area contributed by atoms with Crippen molar-refractivity contribution < 1.29 is 14.4 Å². The molecule has 0 bridgehead atoms. The molecule has 118 valence electrons. The third-order valence-corrected chi connectivity index (χ3v) is 3.98. The predicted molar refractivity (Wildman–Crippen MR) is 78.3 cm³/mol. The Morgan fingerprint density at radius 1 is 1.05 bits per heavy atom. The number of amides is 3. The van der Waals surface area contributed by atoms with Crippen LogP contribution in [0.2, 0.25) is 0 Å². The van der Waals surface area contributed by atoms with Gasteiger partial charge in [-0.2, -0.15) is 0 Å². The summed E-state index contributed by atoms with van der Waals surface area (Å²) in [5.41, 5.74) is 0. The van der Waals surface area contributed by atoms with Crippen LogP contribution in [0, 0.1) is 11.8 Å². The third kappa shape index (κ3) is 4.72. The zero-order valence-corrected chi connectivity index (χ0v) is 12.9. The number of carbonyl (C=O) groups excluding carboxylic acids is 3. The summed E-state index contributed by atoms with van der Waals surface area (Å²) in [5, 5.41) is 5.42. The molecule has 0 unspecified atom stereocenters. The monoisotopic (exact) mass is 295 g/mol. The lowest BCUT2D eigenvalue weighted by Gasteiger charge is -2.31. The molecule has 0 aromatic carbocycles. The highest BCUT2D eigenvalue weighted by Gasteiger charge is 2.35. The first-order valence-corrected chi connectivity index (χ1v) is 7.83. The number of hydrogen-bond donors (Lipinski definition) is 2. The van der Waals surface area contributed by atoms with Gasteiger partial charge in [-0.25, -0.2) is 0 Å². The molecule has 1 saturated heterocycles. The molecule has 0 spiro atoms. The fraction of sp³-hybridized carbons (Fsp3) is 0.800. The van der Waals surface area contributed by atoms with Gasteiger partial charge in [0.1, 0.15) is 0 Å². The van der Waals surface area contributed by atoms with Crippen LogP contribution in [0.4, 0.5) is 0 Å². The maximum atomic E-state index is 12.0. The first-order valence-electron chi connectivity index (χ1n) is 7.83. The topological polar surface area (TPSA) is 78.5 Å². The molecule has 0 radical (unpaired) electrons. The van der Waals surface area contributed by atoms with Gasteiger partial charge in [0.15, 0.2) is 0 Å². The second-order valence-corrected chi connectivity index (χ2v) is 6.31. The fourth-order valence-corrected chi connectivity index (χ4v) is 2.64. The van der Waals surface area contributed by atoms with Crippen molar-refractivity contribution >= 4 is 17.7 Å². The summed E-state index contributed by atoms with van der Waals surface area (Å²) in [6.45, 7) is 5.11. The van der Waals surface area contributed by atoms with Crippen LogP contribution < -0.4 is 10.6 Å². The molecule has 1 aliphatic heterocycles. The molecule has 2 aliphatic rings. The maximum absolute atomic E-state index is 12.0. The lowest BCUT2D eigenvalue weighted by molar-refractivity contribution is -0.136. The van der Waals surface area contributed by atoms with E-state index in [1.165, 1.54) is 0 Å². The van der Waals surface area contributed by atoms with Crippen molar-refractivity contribution in [2.45, 2.75) is 45.6 Å². The van der Waals surface area contributed by atoms with Gasteiger partial charge < -0.3 is 15.5 Å². The second-order valence-electron chi connectivity index (χ2n) is 6.31. The van der Waals surface area contributed by atoms with Crippen molar-refractivity contribution in [3.63, 3.8) is 0 Å². The van der Waals surface area contributed by atoms with Gasteiger partial charge in [0.25, 0.3) is 0 Å². The van der Waals surface area contributed by atoms with Crippen molar-refractivity contribution in [2.24, 2.45) is 11.8 Å². The van der Waals surface area contributed by atoms with Crippen molar-refractivity contribution in [1.82, 2.24) is 15.5 Å². The van der Waals surface area contributed by atoms with Gasteiger partial charge in [-0.15, -0.1) is 0 Å². The van der Waals surface area contributed by atoms with E-state index in [1.807, 2.05) is 18.7 Å². The van der Waals surface area contributed by atoms with Crippen molar-refractivity contribution in [2.75, 3.05) is 19.6 Å². The molecule has 2 rings (SSSR count). The van der Waals surface area contributed by atoms with Gasteiger partial charge in [-0.1, -0.05) is 0 Å². The summed E-state index contributed by atoms with van der Waals surface area (Å²) in [6, 6.07) is 0.0751. The van der Waals surface area contributed by atoms with E-state index in [0.717, 1.165) is 12.8 Å². The molecule has 1 aliphatic carbocycles. The van der Waals surface area contributed by atoms with E-state index < -0.39 is 0 Å². The molecule has 6 nitrogen and oxygen atoms in total. The Bertz CT molecular complexity index is 410. The molecule has 1 saturated carbocycles. The number of carbonyl (C=O) groups is 3. The maximum Gasteiger partial charge on any atom is 0.239 e. The average molecular weight is 295 g/mol. The van der Waals surface area contributed by atoms with E-state index >= 15 is 0 Å². The largest absolute Gasteiger partial charge is 0.352 e. The summed E-state index contributed by atoms with van der Waals surface area (Å²) in [7, 11) is 0. The van der Waals surface area contributed by atoms with Crippen LogP contribution in [-0.4, -0.2) is 48.3 Å². The molecule has 3 amide bonds. The highest BCUT2D eigenvalue weighted by Crippen LogP contribution is 2.32. The third-order valence-electron chi connectivity index (χ3n) is 3.98. The molecule has 6 heteroatoms. The Labute approximate surface area is 125 Å². The number of piperidine rings is 1. The van der Waals surface area contributed by atoms with Gasteiger partial charge >= 0.3 is 0 Å². The summed E-state index contributed by atoms with van der Waals surface area (Å²) >= 11 is 0. The van der Waals surface area contributed by atoms with Gasteiger partial charge in [0.05, 0.1) is 6.54 Å². The highest BCUT2D eigenvalue weighted by molar-refractivity contribution is 5.86. The Morgan fingerprint density at radius 3 is 2.19 bits per heavy atom. The van der Waals surface area contributed by atoms with Gasteiger partial charge in [-0.3, -0.25) is 14.4 Å². The molecule has 2 fully saturated rings. The van der Waals surface area contributed by atoms with Crippen molar-refractivity contribution in [1.29, 1.82) is 0 Å². The molecule has 21 heavy (non-hydrogen) atoms. The Balaban J connectivity index is 1.68. The summed E-state index contributed by atoms with van der Waals surface area (Å²) in [4.78, 5) is 37.3. The Morgan fingerprint density at radius 2 is 1.67 bits per heavy atom. The molecule has 1 heterocycles. The van der Waals surface area contributed by atoms with E-state index in [-0.39, 0.29) is 42.1 Å². The summed E-state index contributed by atoms with van der Waals surface area (Å²) in [6.07, 6.45) is 3.42. The van der Waals surface area contributed by atoms with Crippen molar-refractivity contribution in [3.8, 4) is 0 Å². The van der Waals surface area contributed by atoms with Crippen molar-refractivity contribution in [3.05, 3.63) is 0 Å². The lowest BCUT2D eigenvalue weighted by Crippen LogP contribution is -2.46. The number of nitrogens with one attached hydrogen (secondary N) is 2. The summed E-state index contributed by atoms with van der Waals surface area (Å²) in [5.74, 6) is 0.174. The predicted octanol–water partition coefficient (Wildman–Crippen LogP) is 0.276. The van der Waals surface area contributed by atoms with Gasteiger partial charge in [0, 0.05) is 31.0 Å². The van der Waals surface area contributed by atoms with E-state index in [4.69, 9.17) is 0 Å². The van der Waals surface area contributed by atoms with Crippen LogP contribution in [0.3, 0.4) is 0 Å². The molecular weight excluding hydrogens is 270 g/mol. The van der Waals surface area contributed by atoms with Crippen LogP contribution in [-0.2, 0) is 14.4 Å². The Hall–Kier alpha value is -1.59. The number of hydrogen-bond acceptors (Lipinski definition) is 3. The first-order chi connectivity index (χ1) is 9.97. The fourth-order valence-electron chi connectivity index (χ4n) is 2.64. The molecule has 0 aromatic heterocycles. The lowest BCUT2D eigenvalue weighted by atomic mass is 9.95. The van der Waals surface area contributed by atoms with E-state index in [0.29, 0.717) is 25.9 Å². The normalized spacial score (nSPS) is 19.5. The van der Waals surface area contributed by atoms with E-state index in [2.05, 4.69) is 10.6 Å². The second kappa shape index (κ2) is 6.91. The average Bonchev–Trinajstić information content (AvgIpc) is 3.28. The van der Waals surface area contributed by atoms with Gasteiger partial charge in [0.2, 0.25) is 17.7 Å². The molecule has 0 atom stereocenters. The minimum Gasteiger partial charge on any atom is -0.352 e. The summed E-state index contributed by atoms with van der Waals surface area (Å²) < 4.78 is 0. The quantitative estimate of drug-likeness (QED) is 0.764. The SMILES string of the molecule is CC(C)NC(=O)CNC(=O)C1CCN(C(=O)C2CC2)CC1. The zero-order chi connectivity index (χ0) is 15.4. The number of rotatable bonds is 5. The standard InChI is InChI=1S/C15H25N3O3/c1-10(2)17-13(19)9-16-14(20)11-5-7-18(8-6-11)15(21)12-3-4-12/h10-12H,3-9H2,1-2H3,(H,16,20)(H,17,19). The molecular formula is C15H25N3O3. The van der Waals surface area contributed by atoms with Crippen LogP contribution in [0.15, 0.2) is 0 Å².